The molecular weight excluding hydrogens is 276 g/mol. The fourth-order valence-electron chi connectivity index (χ4n) is 2.30. The zero-order valence-corrected chi connectivity index (χ0v) is 12.0. The summed E-state index contributed by atoms with van der Waals surface area (Å²) in [6.45, 7) is 0. The van der Waals surface area contributed by atoms with Crippen molar-refractivity contribution in [2.45, 2.75) is 0 Å². The van der Waals surface area contributed by atoms with Gasteiger partial charge in [0.2, 0.25) is 0 Å². The lowest BCUT2D eigenvalue weighted by molar-refractivity contribution is 0.415. The van der Waals surface area contributed by atoms with E-state index in [1.165, 1.54) is 0 Å². The van der Waals surface area contributed by atoms with Crippen LogP contribution in [0.25, 0.3) is 22.5 Å². The Labute approximate surface area is 128 Å². The van der Waals surface area contributed by atoms with E-state index in [4.69, 9.17) is 10.5 Å². The maximum atomic E-state index is 9.33. The molecule has 3 rings (SSSR count). The molecule has 0 atom stereocenters. The van der Waals surface area contributed by atoms with Crippen molar-refractivity contribution in [1.82, 2.24) is 9.97 Å². The molecule has 3 aromatic rings. The number of H-pyrrole nitrogens is 1. The van der Waals surface area contributed by atoms with Gasteiger partial charge in [0.05, 0.1) is 12.8 Å². The van der Waals surface area contributed by atoms with Gasteiger partial charge in [0.15, 0.2) is 0 Å². The van der Waals surface area contributed by atoms with E-state index in [9.17, 15) is 5.26 Å². The van der Waals surface area contributed by atoms with Crippen LogP contribution in [-0.2, 0) is 0 Å². The second-order valence-electron chi connectivity index (χ2n) is 4.74. The van der Waals surface area contributed by atoms with Crippen LogP contribution in [0.3, 0.4) is 0 Å². The number of rotatable bonds is 3. The molecule has 3 N–H and O–H groups in total. The average molecular weight is 290 g/mol. The van der Waals surface area contributed by atoms with Gasteiger partial charge < -0.3 is 15.5 Å². The number of anilines is 1. The van der Waals surface area contributed by atoms with Gasteiger partial charge in [-0.1, -0.05) is 0 Å². The Bertz CT molecular complexity index is 830. The van der Waals surface area contributed by atoms with Crippen LogP contribution in [0.15, 0.2) is 48.7 Å². The Balaban J connectivity index is 2.15. The van der Waals surface area contributed by atoms with Gasteiger partial charge >= 0.3 is 0 Å². The number of nitrogens with two attached hydrogens (primary N) is 1. The average Bonchev–Trinajstić information content (AvgIpc) is 3.08. The van der Waals surface area contributed by atoms with E-state index in [-0.39, 0.29) is 5.82 Å². The third-order valence-electron chi connectivity index (χ3n) is 3.43. The van der Waals surface area contributed by atoms with Crippen LogP contribution in [0.4, 0.5) is 5.82 Å². The first kappa shape index (κ1) is 13.7. The SMILES string of the molecule is COc1ccc(-c2cc(-c3ccc[nH]3)c(C#N)c(N)n2)cc1. The fourth-order valence-corrected chi connectivity index (χ4v) is 2.30. The molecule has 2 aromatic heterocycles. The zero-order valence-electron chi connectivity index (χ0n) is 12.0. The Morgan fingerprint density at radius 3 is 2.59 bits per heavy atom. The summed E-state index contributed by atoms with van der Waals surface area (Å²) in [6, 6.07) is 15.3. The molecule has 2 heterocycles. The first-order valence-electron chi connectivity index (χ1n) is 6.71. The monoisotopic (exact) mass is 290 g/mol. The van der Waals surface area contributed by atoms with Crippen LogP contribution >= 0.6 is 0 Å². The molecule has 0 aliphatic heterocycles. The van der Waals surface area contributed by atoms with E-state index in [1.807, 2.05) is 42.5 Å². The Hall–Kier alpha value is -3.26. The number of nitrogens with one attached hydrogen (secondary N) is 1. The van der Waals surface area contributed by atoms with E-state index in [0.717, 1.165) is 22.6 Å². The number of nitrogen functional groups attached to an aromatic ring is 1. The highest BCUT2D eigenvalue weighted by atomic mass is 16.5. The fraction of sp³-hybridized carbons (Fsp3) is 0.0588. The van der Waals surface area contributed by atoms with Crippen LogP contribution in [0.5, 0.6) is 5.75 Å². The highest BCUT2D eigenvalue weighted by molar-refractivity contribution is 5.78. The van der Waals surface area contributed by atoms with Gasteiger partial charge in [0.25, 0.3) is 0 Å². The van der Waals surface area contributed by atoms with Crippen LogP contribution in [0.2, 0.25) is 0 Å². The quantitative estimate of drug-likeness (QED) is 0.775. The van der Waals surface area contributed by atoms with Gasteiger partial charge in [-0.25, -0.2) is 4.98 Å². The van der Waals surface area contributed by atoms with Gasteiger partial charge in [-0.2, -0.15) is 5.26 Å². The van der Waals surface area contributed by atoms with Crippen molar-refractivity contribution < 1.29 is 4.74 Å². The number of benzene rings is 1. The summed E-state index contributed by atoms with van der Waals surface area (Å²) in [4.78, 5) is 7.44. The van der Waals surface area contributed by atoms with Gasteiger partial charge in [-0.3, -0.25) is 0 Å². The molecule has 0 bridgehead atoms. The van der Waals surface area contributed by atoms with Crippen molar-refractivity contribution in [1.29, 1.82) is 5.26 Å². The normalized spacial score (nSPS) is 10.2. The molecule has 5 heteroatoms. The molecule has 0 aliphatic rings. The number of methoxy groups -OCH3 is 1. The van der Waals surface area contributed by atoms with Crippen LogP contribution in [0, 0.1) is 11.3 Å². The van der Waals surface area contributed by atoms with Crippen molar-refractivity contribution in [2.75, 3.05) is 12.8 Å². The van der Waals surface area contributed by atoms with Gasteiger partial charge in [0, 0.05) is 23.0 Å². The molecule has 0 aliphatic carbocycles. The van der Waals surface area contributed by atoms with Crippen LogP contribution < -0.4 is 10.5 Å². The van der Waals surface area contributed by atoms with Gasteiger partial charge in [0.1, 0.15) is 23.2 Å². The van der Waals surface area contributed by atoms with Crippen LogP contribution in [-0.4, -0.2) is 17.1 Å². The minimum absolute atomic E-state index is 0.223. The Morgan fingerprint density at radius 2 is 2.00 bits per heavy atom. The summed E-state index contributed by atoms with van der Waals surface area (Å²) in [5, 5.41) is 9.33. The van der Waals surface area contributed by atoms with Crippen molar-refractivity contribution >= 4 is 5.82 Å². The van der Waals surface area contributed by atoms with E-state index in [1.54, 1.807) is 13.3 Å². The minimum atomic E-state index is 0.223. The molecule has 0 spiro atoms. The third-order valence-corrected chi connectivity index (χ3v) is 3.43. The van der Waals surface area contributed by atoms with E-state index in [2.05, 4.69) is 16.0 Å². The molecule has 5 nitrogen and oxygen atoms in total. The summed E-state index contributed by atoms with van der Waals surface area (Å²) >= 11 is 0. The maximum absolute atomic E-state index is 9.33. The predicted molar refractivity (Wildman–Crippen MR) is 85.1 cm³/mol. The van der Waals surface area contributed by atoms with Gasteiger partial charge in [-0.05, 0) is 42.5 Å². The smallest absolute Gasteiger partial charge is 0.142 e. The highest BCUT2D eigenvalue weighted by Gasteiger charge is 2.13. The van der Waals surface area contributed by atoms with Gasteiger partial charge in [-0.15, -0.1) is 0 Å². The lowest BCUT2D eigenvalue weighted by Gasteiger charge is -2.09. The number of nitrogens with zero attached hydrogens (tertiary/aromatic N) is 2. The largest absolute Gasteiger partial charge is 0.497 e. The number of hydrogen-bond acceptors (Lipinski definition) is 4. The zero-order chi connectivity index (χ0) is 15.5. The number of pyridine rings is 1. The van der Waals surface area contributed by atoms with Crippen molar-refractivity contribution in [3.05, 3.63) is 54.2 Å². The minimum Gasteiger partial charge on any atom is -0.497 e. The number of ether oxygens (including phenoxy) is 1. The highest BCUT2D eigenvalue weighted by Crippen LogP contribution is 2.30. The van der Waals surface area contributed by atoms with Crippen molar-refractivity contribution in [2.24, 2.45) is 0 Å². The summed E-state index contributed by atoms with van der Waals surface area (Å²) in [5.41, 5.74) is 9.53. The van der Waals surface area contributed by atoms with Crippen molar-refractivity contribution in [3.8, 4) is 34.3 Å². The molecule has 0 saturated carbocycles. The second kappa shape index (κ2) is 5.62. The molecular formula is C17H14N4O. The summed E-state index contributed by atoms with van der Waals surface area (Å²) < 4.78 is 5.15. The first-order valence-corrected chi connectivity index (χ1v) is 6.71. The lowest BCUT2D eigenvalue weighted by Crippen LogP contribution is -1.99. The molecule has 0 fully saturated rings. The van der Waals surface area contributed by atoms with E-state index in [0.29, 0.717) is 11.3 Å². The molecule has 108 valence electrons. The van der Waals surface area contributed by atoms with E-state index < -0.39 is 0 Å². The number of aromatic nitrogens is 2. The van der Waals surface area contributed by atoms with Crippen LogP contribution in [0.1, 0.15) is 5.56 Å². The Morgan fingerprint density at radius 1 is 1.23 bits per heavy atom. The first-order chi connectivity index (χ1) is 10.7. The van der Waals surface area contributed by atoms with Crippen molar-refractivity contribution in [3.63, 3.8) is 0 Å². The lowest BCUT2D eigenvalue weighted by atomic mass is 10.0. The Kier molecular flexibility index (Phi) is 3.50. The number of aromatic amines is 1. The van der Waals surface area contributed by atoms with E-state index >= 15 is 0 Å². The summed E-state index contributed by atoms with van der Waals surface area (Å²) in [5.74, 6) is 0.996. The third kappa shape index (κ3) is 2.38. The molecule has 0 amide bonds. The predicted octanol–water partition coefficient (Wildman–Crippen LogP) is 3.21. The summed E-state index contributed by atoms with van der Waals surface area (Å²) in [7, 11) is 1.62. The number of hydrogen-bond donors (Lipinski definition) is 2. The topological polar surface area (TPSA) is 87.7 Å². The maximum Gasteiger partial charge on any atom is 0.142 e. The summed E-state index contributed by atoms with van der Waals surface area (Å²) in [6.07, 6.45) is 1.81. The number of nitriles is 1. The molecule has 22 heavy (non-hydrogen) atoms. The molecule has 0 radical (unpaired) electrons. The molecule has 0 saturated heterocycles. The molecule has 1 aromatic carbocycles. The standard InChI is InChI=1S/C17H14N4O/c1-22-12-6-4-11(5-7-12)16-9-13(15-3-2-8-20-15)14(10-18)17(19)21-16/h2-9,20H,1H3,(H2,19,21). The molecule has 0 unspecified atom stereocenters. The second-order valence-corrected chi connectivity index (χ2v) is 4.74.